The van der Waals surface area contributed by atoms with Crippen LogP contribution in [0.3, 0.4) is 0 Å². The van der Waals surface area contributed by atoms with Gasteiger partial charge in [-0.2, -0.15) is 20.0 Å². The minimum absolute atomic E-state index is 0.00762. The molecule has 152 valence electrons. The number of nitrogens with one attached hydrogen (secondary N) is 2. The highest BCUT2D eigenvalue weighted by Gasteiger charge is 2.22. The number of anilines is 3. The van der Waals surface area contributed by atoms with Crippen molar-refractivity contribution in [3.63, 3.8) is 0 Å². The number of amides is 1. The molecule has 1 amide bonds. The highest BCUT2D eigenvalue weighted by Crippen LogP contribution is 2.21. The van der Waals surface area contributed by atoms with E-state index in [-0.39, 0.29) is 29.3 Å². The Morgan fingerprint density at radius 1 is 1.24 bits per heavy atom. The Labute approximate surface area is 166 Å². The number of hydrogen-bond acceptors (Lipinski definition) is 8. The molecule has 29 heavy (non-hydrogen) atoms. The van der Waals surface area contributed by atoms with Gasteiger partial charge in [-0.05, 0) is 31.0 Å². The second-order valence-corrected chi connectivity index (χ2v) is 6.86. The lowest BCUT2D eigenvalue weighted by molar-refractivity contribution is 0.0999. The monoisotopic (exact) mass is 397 g/mol. The minimum Gasteiger partial charge on any atom is -0.365 e. The van der Waals surface area contributed by atoms with Crippen molar-refractivity contribution in [2.24, 2.45) is 17.5 Å². The fourth-order valence-electron chi connectivity index (χ4n) is 2.61. The maximum Gasteiger partial charge on any atom is 0.267 e. The Bertz CT molecular complexity index is 1060. The molecule has 0 fully saturated rings. The minimum atomic E-state index is -0.904. The molecule has 0 spiro atoms. The van der Waals surface area contributed by atoms with Gasteiger partial charge in [-0.25, -0.2) is 5.84 Å². The molecule has 0 unspecified atom stereocenters. The molecule has 0 saturated carbocycles. The summed E-state index contributed by atoms with van der Waals surface area (Å²) in [6.45, 7) is 5.89. The van der Waals surface area contributed by atoms with Gasteiger partial charge in [0.2, 0.25) is 5.95 Å². The van der Waals surface area contributed by atoms with Crippen molar-refractivity contribution in [3.8, 4) is 5.69 Å². The summed E-state index contributed by atoms with van der Waals surface area (Å²) < 4.78 is 0. The molecule has 1 aromatic carbocycles. The largest absolute Gasteiger partial charge is 0.365 e. The lowest BCUT2D eigenvalue weighted by Crippen LogP contribution is -2.44. The van der Waals surface area contributed by atoms with Gasteiger partial charge in [0.15, 0.2) is 5.82 Å². The maximum absolute atomic E-state index is 12.5. The van der Waals surface area contributed by atoms with Crippen LogP contribution in [0.4, 0.5) is 17.5 Å². The molecule has 11 heteroatoms. The fraction of sp³-hybridized carbons (Fsp3) is 0.278. The van der Waals surface area contributed by atoms with Crippen molar-refractivity contribution in [1.29, 1.82) is 0 Å². The van der Waals surface area contributed by atoms with Crippen LogP contribution in [0, 0.1) is 5.92 Å². The maximum atomic E-state index is 12.5. The number of hydrazine groups is 1. The first kappa shape index (κ1) is 20.0. The van der Waals surface area contributed by atoms with E-state index in [0.29, 0.717) is 11.4 Å². The number of aromatic amines is 1. The van der Waals surface area contributed by atoms with E-state index < -0.39 is 11.5 Å². The van der Waals surface area contributed by atoms with Crippen molar-refractivity contribution in [2.75, 3.05) is 10.3 Å². The lowest BCUT2D eigenvalue weighted by atomic mass is 10.1. The smallest absolute Gasteiger partial charge is 0.267 e. The average Bonchev–Trinajstić information content (AvgIpc) is 3.21. The average molecular weight is 397 g/mol. The summed E-state index contributed by atoms with van der Waals surface area (Å²) in [4.78, 5) is 32.7. The van der Waals surface area contributed by atoms with E-state index in [1.807, 2.05) is 26.8 Å². The van der Waals surface area contributed by atoms with Gasteiger partial charge in [0.05, 0.1) is 18.1 Å². The summed E-state index contributed by atoms with van der Waals surface area (Å²) in [7, 11) is 0. The van der Waals surface area contributed by atoms with Crippen molar-refractivity contribution < 1.29 is 4.79 Å². The third-order valence-corrected chi connectivity index (χ3v) is 4.56. The van der Waals surface area contributed by atoms with Crippen molar-refractivity contribution in [1.82, 2.24) is 25.0 Å². The van der Waals surface area contributed by atoms with Crippen molar-refractivity contribution in [3.05, 3.63) is 52.6 Å². The Kier molecular flexibility index (Phi) is 5.59. The number of aromatic nitrogens is 5. The van der Waals surface area contributed by atoms with Crippen molar-refractivity contribution >= 4 is 23.4 Å². The molecule has 2 aromatic heterocycles. The number of carbonyl (C=O) groups excluding carboxylic acids is 1. The van der Waals surface area contributed by atoms with Gasteiger partial charge in [0.1, 0.15) is 5.56 Å². The zero-order chi connectivity index (χ0) is 21.1. The van der Waals surface area contributed by atoms with E-state index >= 15 is 0 Å². The van der Waals surface area contributed by atoms with Gasteiger partial charge < -0.3 is 11.1 Å². The predicted molar refractivity (Wildman–Crippen MR) is 109 cm³/mol. The molecule has 0 bridgehead atoms. The predicted octanol–water partition coefficient (Wildman–Crippen LogP) is 0.918. The van der Waals surface area contributed by atoms with Gasteiger partial charge in [-0.15, -0.1) is 0 Å². The van der Waals surface area contributed by atoms with E-state index in [1.54, 1.807) is 30.6 Å². The molecule has 2 heterocycles. The number of nitrogens with two attached hydrogens (primary N) is 2. The van der Waals surface area contributed by atoms with Crippen LogP contribution in [0.2, 0.25) is 0 Å². The van der Waals surface area contributed by atoms with Gasteiger partial charge >= 0.3 is 0 Å². The number of H-pyrrole nitrogens is 1. The van der Waals surface area contributed by atoms with E-state index in [4.69, 9.17) is 11.6 Å². The number of nitrogens with zero attached hydrogens (tertiary/aromatic N) is 5. The first-order valence-corrected chi connectivity index (χ1v) is 8.99. The normalized spacial score (nSPS) is 12.0. The zero-order valence-corrected chi connectivity index (χ0v) is 16.3. The quantitative estimate of drug-likeness (QED) is 0.338. The molecule has 0 saturated heterocycles. The zero-order valence-electron chi connectivity index (χ0n) is 16.3. The first-order chi connectivity index (χ1) is 13.8. The molecule has 0 radical (unpaired) electrons. The summed E-state index contributed by atoms with van der Waals surface area (Å²) in [5.74, 6) is 5.55. The number of hydrogen-bond donors (Lipinski definition) is 4. The molecule has 3 aromatic rings. The van der Waals surface area contributed by atoms with Gasteiger partial charge in [0, 0.05) is 11.7 Å². The number of benzene rings is 1. The van der Waals surface area contributed by atoms with Crippen LogP contribution >= 0.6 is 0 Å². The van der Waals surface area contributed by atoms with Gasteiger partial charge in [0.25, 0.3) is 11.5 Å². The van der Waals surface area contributed by atoms with Crippen molar-refractivity contribution in [2.45, 2.75) is 26.8 Å². The van der Waals surface area contributed by atoms with Crippen LogP contribution in [0.5, 0.6) is 0 Å². The highest BCUT2D eigenvalue weighted by atomic mass is 16.2. The van der Waals surface area contributed by atoms with Crippen LogP contribution in [0.1, 0.15) is 31.1 Å². The summed E-state index contributed by atoms with van der Waals surface area (Å²) in [6.07, 6.45) is 3.11. The molecular formula is C18H23N9O2. The summed E-state index contributed by atoms with van der Waals surface area (Å²) in [6, 6.07) is 6.96. The molecule has 11 nitrogen and oxygen atoms in total. The van der Waals surface area contributed by atoms with Gasteiger partial charge in [-0.3, -0.25) is 19.6 Å². The lowest BCUT2D eigenvalue weighted by Gasteiger charge is -2.28. The van der Waals surface area contributed by atoms with E-state index in [2.05, 4.69) is 25.5 Å². The standard InChI is InChI=1S/C18H23N9O2/c1-10(2)11(3)26(20)18-24-16(14(15(19)28)17(29)25-18)23-12-5-4-6-13(9-12)27-21-7-8-22-27/h4-11H,20H2,1-3H3,(H2,19,28)(H2,23,24,25,29)/t11-/m1/s1. The van der Waals surface area contributed by atoms with E-state index in [1.165, 1.54) is 9.81 Å². The second-order valence-electron chi connectivity index (χ2n) is 6.86. The van der Waals surface area contributed by atoms with Gasteiger partial charge in [-0.1, -0.05) is 19.9 Å². The first-order valence-electron chi connectivity index (χ1n) is 8.99. The molecule has 3 rings (SSSR count). The van der Waals surface area contributed by atoms with Crippen LogP contribution in [-0.2, 0) is 0 Å². The molecule has 0 aliphatic rings. The SMILES string of the molecule is CC(C)[C@@H](C)N(N)c1nc(Nc2cccc(-n3nccn3)c2)c(C(N)=O)c(=O)[nH]1. The number of primary amides is 1. The third kappa shape index (κ3) is 4.24. The fourth-order valence-corrected chi connectivity index (χ4v) is 2.61. The molecule has 1 atom stereocenters. The molecular weight excluding hydrogens is 374 g/mol. The van der Waals surface area contributed by atoms with Crippen LogP contribution in [0.25, 0.3) is 5.69 Å². The summed E-state index contributed by atoms with van der Waals surface area (Å²) in [5.41, 5.74) is 5.68. The van der Waals surface area contributed by atoms with Crippen LogP contribution in [0.15, 0.2) is 41.5 Å². The number of carbonyl (C=O) groups is 1. The Morgan fingerprint density at radius 3 is 2.55 bits per heavy atom. The summed E-state index contributed by atoms with van der Waals surface area (Å²) in [5, 5.41) is 12.5. The Morgan fingerprint density at radius 2 is 1.93 bits per heavy atom. The molecule has 0 aliphatic carbocycles. The third-order valence-electron chi connectivity index (χ3n) is 4.56. The summed E-state index contributed by atoms with van der Waals surface area (Å²) >= 11 is 0. The molecule has 0 aliphatic heterocycles. The second kappa shape index (κ2) is 8.10. The Hall–Kier alpha value is -3.73. The number of rotatable bonds is 7. The Balaban J connectivity index is 2.02. The molecule has 6 N–H and O–H groups in total. The van der Waals surface area contributed by atoms with E-state index in [9.17, 15) is 9.59 Å². The highest BCUT2D eigenvalue weighted by molar-refractivity contribution is 5.98. The topological polar surface area (TPSA) is 161 Å². The van der Waals surface area contributed by atoms with E-state index in [0.717, 1.165) is 0 Å². The van der Waals surface area contributed by atoms with Crippen LogP contribution in [-0.4, -0.2) is 36.9 Å². The van der Waals surface area contributed by atoms with Crippen LogP contribution < -0.4 is 27.5 Å².